The van der Waals surface area contributed by atoms with Crippen LogP contribution in [0.15, 0.2) is 6.07 Å². The van der Waals surface area contributed by atoms with E-state index in [1.165, 1.54) is 81.2 Å². The van der Waals surface area contributed by atoms with Crippen LogP contribution in [0.2, 0.25) is 0 Å². The lowest BCUT2D eigenvalue weighted by atomic mass is 9.62. The molecule has 3 N–H and O–H groups in total. The van der Waals surface area contributed by atoms with Gasteiger partial charge in [-0.25, -0.2) is 0 Å². The fourth-order valence-electron chi connectivity index (χ4n) is 6.72. The molecule has 0 saturated heterocycles. The first-order valence-corrected chi connectivity index (χ1v) is 15.7. The SMILES string of the molecule is CCC(C)C(C)C(C)(c1cc(CNC(=O)CC2CCCC2)c(C)[nH]1)C(C)CC.CNC(=O)CC1CCCC1. The predicted octanol–water partition coefficient (Wildman–Crippen LogP) is 7.82. The largest absolute Gasteiger partial charge is 0.362 e. The van der Waals surface area contributed by atoms with Crippen molar-refractivity contribution in [1.82, 2.24) is 15.6 Å². The Morgan fingerprint density at radius 2 is 1.47 bits per heavy atom. The second kappa shape index (κ2) is 15.7. The van der Waals surface area contributed by atoms with Gasteiger partial charge in [0, 0.05) is 43.2 Å². The third-order valence-electron chi connectivity index (χ3n) is 10.4. The third kappa shape index (κ3) is 8.88. The molecule has 218 valence electrons. The van der Waals surface area contributed by atoms with Crippen LogP contribution in [0.25, 0.3) is 0 Å². The molecule has 0 aromatic carbocycles. The molecule has 0 radical (unpaired) electrons. The van der Waals surface area contributed by atoms with Gasteiger partial charge in [0.1, 0.15) is 0 Å². The molecule has 4 atom stereocenters. The minimum absolute atomic E-state index is 0.112. The summed E-state index contributed by atoms with van der Waals surface area (Å²) in [6, 6.07) is 2.33. The molecule has 1 aromatic rings. The van der Waals surface area contributed by atoms with Crippen molar-refractivity contribution in [3.05, 3.63) is 23.0 Å². The van der Waals surface area contributed by atoms with E-state index in [2.05, 4.69) is 70.2 Å². The molecule has 5 nitrogen and oxygen atoms in total. The first-order chi connectivity index (χ1) is 18.1. The van der Waals surface area contributed by atoms with Gasteiger partial charge >= 0.3 is 0 Å². The summed E-state index contributed by atoms with van der Waals surface area (Å²) in [5, 5.41) is 5.83. The fraction of sp³-hybridized carbons (Fsp3) is 0.818. The topological polar surface area (TPSA) is 74.0 Å². The Hall–Kier alpha value is -1.78. The minimum Gasteiger partial charge on any atom is -0.362 e. The van der Waals surface area contributed by atoms with E-state index in [4.69, 9.17) is 0 Å². The number of hydrogen-bond acceptors (Lipinski definition) is 2. The molecular formula is C33H59N3O2. The quantitative estimate of drug-likeness (QED) is 0.258. The Balaban J connectivity index is 0.000000423. The Morgan fingerprint density at radius 3 is 1.95 bits per heavy atom. The Morgan fingerprint density at radius 1 is 0.947 bits per heavy atom. The summed E-state index contributed by atoms with van der Waals surface area (Å²) in [4.78, 5) is 26.9. The van der Waals surface area contributed by atoms with E-state index < -0.39 is 0 Å². The van der Waals surface area contributed by atoms with Crippen LogP contribution in [-0.2, 0) is 21.5 Å². The molecule has 0 spiro atoms. The van der Waals surface area contributed by atoms with Gasteiger partial charge in [-0.1, -0.05) is 80.1 Å². The van der Waals surface area contributed by atoms with E-state index in [1.54, 1.807) is 7.05 Å². The minimum atomic E-state index is 0.112. The second-order valence-electron chi connectivity index (χ2n) is 12.8. The number of aromatic nitrogens is 1. The first-order valence-electron chi connectivity index (χ1n) is 15.7. The monoisotopic (exact) mass is 529 g/mol. The molecule has 2 aliphatic rings. The van der Waals surface area contributed by atoms with Crippen molar-refractivity contribution >= 4 is 11.8 Å². The van der Waals surface area contributed by atoms with Crippen molar-refractivity contribution in [3.8, 4) is 0 Å². The summed E-state index contributed by atoms with van der Waals surface area (Å²) in [6.07, 6.45) is 14.0. The summed E-state index contributed by atoms with van der Waals surface area (Å²) < 4.78 is 0. The van der Waals surface area contributed by atoms with Crippen molar-refractivity contribution in [2.75, 3.05) is 7.05 Å². The van der Waals surface area contributed by atoms with E-state index in [1.807, 2.05) is 0 Å². The number of H-pyrrole nitrogens is 1. The van der Waals surface area contributed by atoms with Crippen molar-refractivity contribution in [2.45, 2.75) is 137 Å². The lowest BCUT2D eigenvalue weighted by Crippen LogP contribution is -2.40. The highest BCUT2D eigenvalue weighted by atomic mass is 16.2. The molecule has 1 aromatic heterocycles. The maximum Gasteiger partial charge on any atom is 0.220 e. The smallest absolute Gasteiger partial charge is 0.220 e. The van der Waals surface area contributed by atoms with Crippen LogP contribution in [0.4, 0.5) is 0 Å². The highest BCUT2D eigenvalue weighted by Crippen LogP contribution is 2.44. The summed E-state index contributed by atoms with van der Waals surface area (Å²) in [6.45, 7) is 17.0. The molecule has 0 aliphatic heterocycles. The van der Waals surface area contributed by atoms with Gasteiger partial charge in [-0.05, 0) is 73.8 Å². The predicted molar refractivity (Wildman–Crippen MR) is 160 cm³/mol. The molecule has 2 fully saturated rings. The van der Waals surface area contributed by atoms with Gasteiger partial charge in [0.15, 0.2) is 0 Å². The van der Waals surface area contributed by atoms with Gasteiger partial charge in [0.25, 0.3) is 0 Å². The van der Waals surface area contributed by atoms with Crippen molar-refractivity contribution in [1.29, 1.82) is 0 Å². The molecule has 0 bridgehead atoms. The van der Waals surface area contributed by atoms with E-state index >= 15 is 0 Å². The van der Waals surface area contributed by atoms with E-state index in [0.717, 1.165) is 6.42 Å². The van der Waals surface area contributed by atoms with Crippen LogP contribution in [-0.4, -0.2) is 23.8 Å². The number of nitrogens with one attached hydrogen (secondary N) is 3. The lowest BCUT2D eigenvalue weighted by molar-refractivity contribution is -0.122. The van der Waals surface area contributed by atoms with E-state index in [9.17, 15) is 9.59 Å². The molecular weight excluding hydrogens is 470 g/mol. The molecule has 5 heteroatoms. The normalized spacial score (nSPS) is 20.2. The van der Waals surface area contributed by atoms with Crippen LogP contribution >= 0.6 is 0 Å². The Kier molecular flexibility index (Phi) is 13.4. The van der Waals surface area contributed by atoms with Crippen molar-refractivity contribution in [2.24, 2.45) is 29.6 Å². The van der Waals surface area contributed by atoms with Gasteiger partial charge in [-0.3, -0.25) is 9.59 Å². The standard InChI is InChI=1S/C25H44N2O.C8H15NO/c1-8-17(3)19(5)25(7,18(4)9-2)23-15-22(20(6)27-23)16-26-24(28)14-21-12-10-11-13-21;1-9-8(10)6-7-4-2-3-5-7/h15,17-19,21,27H,8-14,16H2,1-7H3,(H,26,28);7H,2-6H2,1H3,(H,9,10). The third-order valence-corrected chi connectivity index (χ3v) is 10.4. The molecule has 2 aliphatic carbocycles. The van der Waals surface area contributed by atoms with Crippen LogP contribution in [0, 0.1) is 36.5 Å². The van der Waals surface area contributed by atoms with E-state index in [-0.39, 0.29) is 17.2 Å². The van der Waals surface area contributed by atoms with Crippen LogP contribution in [0.5, 0.6) is 0 Å². The molecule has 1 heterocycles. The maximum atomic E-state index is 12.4. The highest BCUT2D eigenvalue weighted by molar-refractivity contribution is 5.76. The van der Waals surface area contributed by atoms with Crippen LogP contribution in [0.1, 0.15) is 136 Å². The van der Waals surface area contributed by atoms with Gasteiger partial charge < -0.3 is 15.6 Å². The summed E-state index contributed by atoms with van der Waals surface area (Å²) in [5.74, 6) is 3.57. The molecule has 2 amide bonds. The zero-order valence-electron chi connectivity index (χ0n) is 26.0. The number of hydrogen-bond donors (Lipinski definition) is 3. The van der Waals surface area contributed by atoms with Gasteiger partial charge in [0.05, 0.1) is 0 Å². The number of aryl methyl sites for hydroxylation is 1. The first kappa shape index (κ1) is 32.4. The molecule has 4 unspecified atom stereocenters. The lowest BCUT2D eigenvalue weighted by Gasteiger charge is -2.43. The summed E-state index contributed by atoms with van der Waals surface area (Å²) >= 11 is 0. The summed E-state index contributed by atoms with van der Waals surface area (Å²) in [7, 11) is 1.71. The number of carbonyl (C=O) groups excluding carboxylic acids is 2. The number of rotatable bonds is 12. The maximum absolute atomic E-state index is 12.4. The summed E-state index contributed by atoms with van der Waals surface area (Å²) in [5.41, 5.74) is 3.89. The second-order valence-corrected chi connectivity index (χ2v) is 12.8. The Bertz CT molecular complexity index is 850. The zero-order chi connectivity index (χ0) is 28.3. The average molecular weight is 530 g/mol. The Labute approximate surface area is 234 Å². The fourth-order valence-corrected chi connectivity index (χ4v) is 6.72. The zero-order valence-corrected chi connectivity index (χ0v) is 26.0. The molecule has 2 saturated carbocycles. The van der Waals surface area contributed by atoms with E-state index in [0.29, 0.717) is 42.6 Å². The highest BCUT2D eigenvalue weighted by Gasteiger charge is 2.41. The van der Waals surface area contributed by atoms with Crippen molar-refractivity contribution < 1.29 is 9.59 Å². The van der Waals surface area contributed by atoms with Gasteiger partial charge in [0.2, 0.25) is 11.8 Å². The number of amides is 2. The van der Waals surface area contributed by atoms with Gasteiger partial charge in [-0.15, -0.1) is 0 Å². The van der Waals surface area contributed by atoms with Gasteiger partial charge in [-0.2, -0.15) is 0 Å². The van der Waals surface area contributed by atoms with Crippen LogP contribution in [0.3, 0.4) is 0 Å². The molecule has 3 rings (SSSR count). The van der Waals surface area contributed by atoms with Crippen LogP contribution < -0.4 is 10.6 Å². The average Bonchev–Trinajstić information content (AvgIpc) is 3.69. The molecule has 38 heavy (non-hydrogen) atoms. The van der Waals surface area contributed by atoms with Crippen molar-refractivity contribution in [3.63, 3.8) is 0 Å². The number of aromatic amines is 1. The number of carbonyl (C=O) groups is 2.